The van der Waals surface area contributed by atoms with Crippen LogP contribution in [0.5, 0.6) is 0 Å². The van der Waals surface area contributed by atoms with Gasteiger partial charge in [-0.1, -0.05) is 18.2 Å². The van der Waals surface area contributed by atoms with Gasteiger partial charge in [0.05, 0.1) is 22.9 Å². The lowest BCUT2D eigenvalue weighted by atomic mass is 10.0. The third kappa shape index (κ3) is 5.20. The fraction of sp³-hybridized carbons (Fsp3) is 0.167. The monoisotopic (exact) mass is 388 g/mol. The Bertz CT molecular complexity index is 1080. The van der Waals surface area contributed by atoms with Gasteiger partial charge >= 0.3 is 5.97 Å². The van der Waals surface area contributed by atoms with E-state index in [1.807, 2.05) is 24.3 Å². The summed E-state index contributed by atoms with van der Waals surface area (Å²) in [6.07, 6.45) is 0. The van der Waals surface area contributed by atoms with Gasteiger partial charge in [-0.25, -0.2) is 9.18 Å². The van der Waals surface area contributed by atoms with Gasteiger partial charge < -0.3 is 10.1 Å². The number of nitriles is 1. The molecule has 5 heteroatoms. The molecule has 0 heterocycles. The van der Waals surface area contributed by atoms with E-state index in [0.29, 0.717) is 22.5 Å². The molecule has 0 aromatic heterocycles. The molecule has 146 valence electrons. The maximum absolute atomic E-state index is 13.2. The number of rotatable bonds is 4. The highest BCUT2D eigenvalue weighted by atomic mass is 19.1. The number of nitrogens with one attached hydrogen (secondary N) is 1. The molecule has 0 aliphatic carbocycles. The molecule has 0 fully saturated rings. The first-order valence-electron chi connectivity index (χ1n) is 9.16. The minimum absolute atomic E-state index is 0.343. The van der Waals surface area contributed by atoms with E-state index < -0.39 is 11.6 Å². The summed E-state index contributed by atoms with van der Waals surface area (Å²) in [6, 6.07) is 20.5. The number of ether oxygens (including phenoxy) is 1. The van der Waals surface area contributed by atoms with Gasteiger partial charge in [-0.2, -0.15) is 5.26 Å². The summed E-state index contributed by atoms with van der Waals surface area (Å²) in [6.45, 7) is 5.42. The van der Waals surface area contributed by atoms with Crippen molar-refractivity contribution in [1.29, 1.82) is 5.26 Å². The van der Waals surface area contributed by atoms with E-state index in [1.54, 1.807) is 51.1 Å². The molecule has 3 aromatic rings. The molecule has 0 amide bonds. The van der Waals surface area contributed by atoms with Gasteiger partial charge in [0.2, 0.25) is 0 Å². The number of carbonyl (C=O) groups is 1. The second-order valence-electron chi connectivity index (χ2n) is 7.59. The summed E-state index contributed by atoms with van der Waals surface area (Å²) in [7, 11) is 0. The highest BCUT2D eigenvalue weighted by Crippen LogP contribution is 2.30. The molecular formula is C24H21FN2O2. The summed E-state index contributed by atoms with van der Waals surface area (Å²) in [5, 5.41) is 12.3. The predicted octanol–water partition coefficient (Wildman–Crippen LogP) is 6.06. The Hall–Kier alpha value is -3.65. The van der Waals surface area contributed by atoms with E-state index in [9.17, 15) is 9.18 Å². The molecule has 0 bridgehead atoms. The maximum Gasteiger partial charge on any atom is 0.340 e. The lowest BCUT2D eigenvalue weighted by Gasteiger charge is -2.21. The molecule has 29 heavy (non-hydrogen) atoms. The van der Waals surface area contributed by atoms with Crippen molar-refractivity contribution in [2.24, 2.45) is 0 Å². The Morgan fingerprint density at radius 2 is 1.69 bits per heavy atom. The van der Waals surface area contributed by atoms with Gasteiger partial charge in [0.15, 0.2) is 0 Å². The summed E-state index contributed by atoms with van der Waals surface area (Å²) in [4.78, 5) is 12.7. The van der Waals surface area contributed by atoms with Crippen molar-refractivity contribution in [3.05, 3.63) is 83.7 Å². The number of anilines is 2. The van der Waals surface area contributed by atoms with Crippen LogP contribution in [0.4, 0.5) is 15.8 Å². The maximum atomic E-state index is 13.2. The zero-order valence-electron chi connectivity index (χ0n) is 16.5. The number of esters is 1. The third-order valence-electron chi connectivity index (χ3n) is 4.09. The zero-order valence-corrected chi connectivity index (χ0v) is 16.5. The first-order valence-corrected chi connectivity index (χ1v) is 9.16. The summed E-state index contributed by atoms with van der Waals surface area (Å²) in [5.41, 5.74) is 3.13. The zero-order chi connectivity index (χ0) is 21.0. The summed E-state index contributed by atoms with van der Waals surface area (Å²) >= 11 is 0. The van der Waals surface area contributed by atoms with Gasteiger partial charge in [0.25, 0.3) is 0 Å². The number of benzene rings is 3. The van der Waals surface area contributed by atoms with Crippen LogP contribution in [0.1, 0.15) is 36.7 Å². The van der Waals surface area contributed by atoms with E-state index in [4.69, 9.17) is 10.00 Å². The smallest absolute Gasteiger partial charge is 0.340 e. The first-order chi connectivity index (χ1) is 13.7. The van der Waals surface area contributed by atoms with Crippen LogP contribution in [0, 0.1) is 17.1 Å². The number of carbonyl (C=O) groups excluding carboxylic acids is 1. The fourth-order valence-electron chi connectivity index (χ4n) is 2.80. The molecule has 0 saturated carbocycles. The number of nitrogens with zero attached hydrogens (tertiary/aromatic N) is 1. The number of halogens is 1. The molecule has 0 radical (unpaired) electrons. The summed E-state index contributed by atoms with van der Waals surface area (Å²) in [5.74, 6) is -0.801. The van der Waals surface area contributed by atoms with E-state index in [0.717, 1.165) is 11.1 Å². The molecule has 4 nitrogen and oxygen atoms in total. The van der Waals surface area contributed by atoms with Crippen molar-refractivity contribution in [2.45, 2.75) is 26.4 Å². The van der Waals surface area contributed by atoms with Crippen LogP contribution in [0.3, 0.4) is 0 Å². The van der Waals surface area contributed by atoms with Gasteiger partial charge in [-0.15, -0.1) is 0 Å². The highest BCUT2D eigenvalue weighted by molar-refractivity contribution is 5.98. The van der Waals surface area contributed by atoms with Gasteiger partial charge in [0, 0.05) is 5.69 Å². The normalized spacial score (nSPS) is 10.9. The van der Waals surface area contributed by atoms with Crippen LogP contribution in [0.25, 0.3) is 11.1 Å². The average Bonchev–Trinajstić information content (AvgIpc) is 2.68. The fourth-order valence-corrected chi connectivity index (χ4v) is 2.80. The van der Waals surface area contributed by atoms with E-state index in [1.165, 1.54) is 12.1 Å². The largest absolute Gasteiger partial charge is 0.456 e. The number of hydrogen-bond acceptors (Lipinski definition) is 4. The van der Waals surface area contributed by atoms with E-state index >= 15 is 0 Å². The molecule has 0 saturated heterocycles. The Kier molecular flexibility index (Phi) is 5.65. The first kappa shape index (κ1) is 20.1. The molecule has 0 aliphatic heterocycles. The van der Waals surface area contributed by atoms with Crippen LogP contribution in [0.2, 0.25) is 0 Å². The predicted molar refractivity (Wildman–Crippen MR) is 111 cm³/mol. The highest BCUT2D eigenvalue weighted by Gasteiger charge is 2.21. The van der Waals surface area contributed by atoms with Gasteiger partial charge in [0.1, 0.15) is 11.4 Å². The van der Waals surface area contributed by atoms with Gasteiger partial charge in [-0.3, -0.25) is 0 Å². The lowest BCUT2D eigenvalue weighted by Crippen LogP contribution is -2.24. The van der Waals surface area contributed by atoms with Crippen LogP contribution < -0.4 is 5.32 Å². The molecule has 3 aromatic carbocycles. The molecular weight excluding hydrogens is 367 g/mol. The SMILES string of the molecule is CC(C)(C)OC(=O)c1ccc(-c2cccc(C#N)c2)cc1Nc1ccc(F)cc1. The van der Waals surface area contributed by atoms with Crippen molar-refractivity contribution in [3.63, 3.8) is 0 Å². The molecule has 0 unspecified atom stereocenters. The topological polar surface area (TPSA) is 62.1 Å². The Morgan fingerprint density at radius 1 is 1.00 bits per heavy atom. The van der Waals surface area contributed by atoms with Crippen molar-refractivity contribution < 1.29 is 13.9 Å². The quantitative estimate of drug-likeness (QED) is 0.552. The number of hydrogen-bond donors (Lipinski definition) is 1. The minimum atomic E-state index is -0.635. The molecule has 1 N–H and O–H groups in total. The van der Waals surface area contributed by atoms with E-state index in [2.05, 4.69) is 11.4 Å². The Morgan fingerprint density at radius 3 is 2.34 bits per heavy atom. The summed E-state index contributed by atoms with van der Waals surface area (Å²) < 4.78 is 18.8. The van der Waals surface area contributed by atoms with E-state index in [-0.39, 0.29) is 5.82 Å². The second kappa shape index (κ2) is 8.15. The molecule has 0 atom stereocenters. The van der Waals surface area contributed by atoms with Crippen LogP contribution in [0.15, 0.2) is 66.7 Å². The van der Waals surface area contributed by atoms with Crippen LogP contribution in [-0.2, 0) is 4.74 Å². The lowest BCUT2D eigenvalue weighted by molar-refractivity contribution is 0.00707. The second-order valence-corrected chi connectivity index (χ2v) is 7.59. The Balaban J connectivity index is 2.04. The molecule has 0 spiro atoms. The van der Waals surface area contributed by atoms with Crippen molar-refractivity contribution in [3.8, 4) is 17.2 Å². The van der Waals surface area contributed by atoms with Crippen molar-refractivity contribution in [2.75, 3.05) is 5.32 Å². The van der Waals surface area contributed by atoms with Crippen molar-refractivity contribution in [1.82, 2.24) is 0 Å². The van der Waals surface area contributed by atoms with Crippen molar-refractivity contribution >= 4 is 17.3 Å². The molecule has 0 aliphatic rings. The van der Waals surface area contributed by atoms with Crippen LogP contribution in [-0.4, -0.2) is 11.6 Å². The third-order valence-corrected chi connectivity index (χ3v) is 4.09. The minimum Gasteiger partial charge on any atom is -0.456 e. The van der Waals surface area contributed by atoms with Crippen LogP contribution >= 0.6 is 0 Å². The Labute approximate surface area is 169 Å². The van der Waals surface area contributed by atoms with Gasteiger partial charge in [-0.05, 0) is 80.4 Å². The average molecular weight is 388 g/mol. The molecule has 3 rings (SSSR count). The standard InChI is InChI=1S/C24H21FN2O2/c1-24(2,3)29-23(28)21-12-7-18(17-6-4-5-16(13-17)15-26)14-22(21)27-20-10-8-19(25)9-11-20/h4-14,27H,1-3H3.